The third-order valence-corrected chi connectivity index (χ3v) is 3.85. The molecule has 0 spiro atoms. The largest absolute Gasteiger partial charge is 0.353 e. The average molecular weight is 299 g/mol. The lowest BCUT2D eigenvalue weighted by Gasteiger charge is -2.34. The molecule has 0 saturated carbocycles. The van der Waals surface area contributed by atoms with Crippen molar-refractivity contribution >= 4 is 17.5 Å². The van der Waals surface area contributed by atoms with Crippen molar-refractivity contribution in [3.8, 4) is 6.07 Å². The van der Waals surface area contributed by atoms with Gasteiger partial charge in [-0.15, -0.1) is 0 Å². The number of carbonyl (C=O) groups excluding carboxylic acids is 2. The van der Waals surface area contributed by atoms with Crippen molar-refractivity contribution in [2.75, 3.05) is 24.5 Å². The Kier molecular flexibility index (Phi) is 5.16. The molecular weight excluding hydrogens is 278 g/mol. The summed E-state index contributed by atoms with van der Waals surface area (Å²) in [4.78, 5) is 27.4. The summed E-state index contributed by atoms with van der Waals surface area (Å²) < 4.78 is 0. The van der Waals surface area contributed by atoms with Crippen LogP contribution in [0.2, 0.25) is 0 Å². The number of carbonyl (C=O) groups is 2. The Hall–Kier alpha value is -2.35. The van der Waals surface area contributed by atoms with Crippen LogP contribution in [0.25, 0.3) is 0 Å². The highest BCUT2D eigenvalue weighted by Gasteiger charge is 2.30. The molecule has 0 N–H and O–H groups in total. The zero-order valence-corrected chi connectivity index (χ0v) is 13.1. The van der Waals surface area contributed by atoms with Crippen LogP contribution in [0.15, 0.2) is 24.3 Å². The summed E-state index contributed by atoms with van der Waals surface area (Å²) in [5, 5.41) is 8.53. The van der Waals surface area contributed by atoms with Gasteiger partial charge >= 0.3 is 0 Å². The van der Waals surface area contributed by atoms with Gasteiger partial charge in [-0.25, -0.2) is 0 Å². The molecule has 0 bridgehead atoms. The van der Waals surface area contributed by atoms with Crippen molar-refractivity contribution in [3.05, 3.63) is 29.8 Å². The quantitative estimate of drug-likeness (QED) is 0.618. The van der Waals surface area contributed by atoms with Crippen molar-refractivity contribution in [2.45, 2.75) is 32.6 Å². The van der Waals surface area contributed by atoms with Crippen LogP contribution in [0.1, 0.15) is 38.2 Å². The highest BCUT2D eigenvalue weighted by atomic mass is 16.2. The molecule has 116 valence electrons. The molecule has 1 saturated heterocycles. The normalized spacial score (nSPS) is 15.4. The smallest absolute Gasteiger partial charge is 0.248 e. The first-order valence-corrected chi connectivity index (χ1v) is 7.58. The zero-order chi connectivity index (χ0) is 16.1. The van der Waals surface area contributed by atoms with Crippen molar-refractivity contribution in [1.29, 1.82) is 5.26 Å². The number of rotatable bonds is 5. The molecule has 1 aliphatic rings. The number of nitrogens with zero attached hydrogens (tertiary/aromatic N) is 3. The SMILES string of the molecule is CC(C)c1ccc(N2CC(=O)N(CCCC#N)C(=O)C2)cc1. The number of benzene rings is 1. The van der Waals surface area contributed by atoms with E-state index >= 15 is 0 Å². The second kappa shape index (κ2) is 7.08. The molecule has 1 fully saturated rings. The van der Waals surface area contributed by atoms with E-state index in [1.807, 2.05) is 30.3 Å². The lowest BCUT2D eigenvalue weighted by Crippen LogP contribution is -2.54. The molecule has 1 aliphatic heterocycles. The van der Waals surface area contributed by atoms with Crippen LogP contribution in [0, 0.1) is 11.3 Å². The predicted octanol–water partition coefficient (Wildman–Crippen LogP) is 2.29. The van der Waals surface area contributed by atoms with Crippen LogP contribution in [0.3, 0.4) is 0 Å². The standard InChI is InChI=1S/C17H21N3O2/c1-13(2)14-5-7-15(8-6-14)19-11-16(21)20(17(22)12-19)10-4-3-9-18/h5-8,13H,3-4,10-12H2,1-2H3. The Bertz CT molecular complexity index is 569. The second-order valence-corrected chi connectivity index (χ2v) is 5.80. The average Bonchev–Trinajstić information content (AvgIpc) is 2.50. The van der Waals surface area contributed by atoms with Gasteiger partial charge in [0.25, 0.3) is 0 Å². The van der Waals surface area contributed by atoms with Crippen LogP contribution >= 0.6 is 0 Å². The summed E-state index contributed by atoms with van der Waals surface area (Å²) in [6, 6.07) is 10.0. The third kappa shape index (κ3) is 3.64. The summed E-state index contributed by atoms with van der Waals surface area (Å²) in [5.41, 5.74) is 2.12. The number of unbranched alkanes of at least 4 members (excludes halogenated alkanes) is 1. The molecule has 0 aliphatic carbocycles. The summed E-state index contributed by atoms with van der Waals surface area (Å²) >= 11 is 0. The van der Waals surface area contributed by atoms with Gasteiger partial charge in [0.05, 0.1) is 19.2 Å². The van der Waals surface area contributed by atoms with Crippen LogP contribution in [-0.2, 0) is 9.59 Å². The predicted molar refractivity (Wildman–Crippen MR) is 84.3 cm³/mol. The van der Waals surface area contributed by atoms with Gasteiger partial charge in [0, 0.05) is 18.7 Å². The fourth-order valence-electron chi connectivity index (χ4n) is 2.51. The molecule has 0 atom stereocenters. The Morgan fingerprint density at radius 2 is 1.73 bits per heavy atom. The molecule has 2 rings (SSSR count). The van der Waals surface area contributed by atoms with E-state index in [0.29, 0.717) is 25.3 Å². The fourth-order valence-corrected chi connectivity index (χ4v) is 2.51. The van der Waals surface area contributed by atoms with Crippen LogP contribution in [0.4, 0.5) is 5.69 Å². The maximum absolute atomic E-state index is 12.1. The lowest BCUT2D eigenvalue weighted by molar-refractivity contribution is -0.145. The molecule has 1 aromatic rings. The molecule has 0 radical (unpaired) electrons. The molecule has 0 aromatic heterocycles. The van der Waals surface area contributed by atoms with Crippen LogP contribution < -0.4 is 4.90 Å². The summed E-state index contributed by atoms with van der Waals surface area (Å²) in [6.45, 7) is 5.01. The molecule has 1 aromatic carbocycles. The van der Waals surface area contributed by atoms with E-state index in [2.05, 4.69) is 13.8 Å². The Balaban J connectivity index is 2.03. The van der Waals surface area contributed by atoms with Gasteiger partial charge in [-0.1, -0.05) is 26.0 Å². The van der Waals surface area contributed by atoms with E-state index in [-0.39, 0.29) is 24.9 Å². The number of anilines is 1. The van der Waals surface area contributed by atoms with Crippen molar-refractivity contribution < 1.29 is 9.59 Å². The number of nitriles is 1. The van der Waals surface area contributed by atoms with E-state index in [9.17, 15) is 9.59 Å². The second-order valence-electron chi connectivity index (χ2n) is 5.80. The van der Waals surface area contributed by atoms with Gasteiger partial charge in [-0.05, 0) is 30.0 Å². The molecule has 5 nitrogen and oxygen atoms in total. The number of piperazine rings is 1. The minimum Gasteiger partial charge on any atom is -0.353 e. The highest BCUT2D eigenvalue weighted by Crippen LogP contribution is 2.21. The molecular formula is C17H21N3O2. The lowest BCUT2D eigenvalue weighted by atomic mass is 10.0. The highest BCUT2D eigenvalue weighted by molar-refractivity contribution is 6.02. The number of hydrogen-bond acceptors (Lipinski definition) is 4. The molecule has 22 heavy (non-hydrogen) atoms. The number of amides is 2. The minimum atomic E-state index is -0.192. The van der Waals surface area contributed by atoms with Gasteiger partial charge in [0.1, 0.15) is 0 Å². The first-order valence-electron chi connectivity index (χ1n) is 7.58. The van der Waals surface area contributed by atoms with Gasteiger partial charge in [-0.2, -0.15) is 5.26 Å². The minimum absolute atomic E-state index is 0.192. The zero-order valence-electron chi connectivity index (χ0n) is 13.1. The van der Waals surface area contributed by atoms with Gasteiger partial charge < -0.3 is 4.90 Å². The van der Waals surface area contributed by atoms with E-state index in [0.717, 1.165) is 5.69 Å². The van der Waals surface area contributed by atoms with E-state index in [1.54, 1.807) is 4.90 Å². The first-order chi connectivity index (χ1) is 10.5. The maximum Gasteiger partial charge on any atom is 0.248 e. The Morgan fingerprint density at radius 3 is 2.23 bits per heavy atom. The van der Waals surface area contributed by atoms with E-state index in [4.69, 9.17) is 5.26 Å². The molecule has 0 unspecified atom stereocenters. The monoisotopic (exact) mass is 299 g/mol. The third-order valence-electron chi connectivity index (χ3n) is 3.85. The summed E-state index contributed by atoms with van der Waals surface area (Å²) in [7, 11) is 0. The van der Waals surface area contributed by atoms with Crippen molar-refractivity contribution in [3.63, 3.8) is 0 Å². The van der Waals surface area contributed by atoms with Crippen LogP contribution in [0.5, 0.6) is 0 Å². The molecule has 2 amide bonds. The Morgan fingerprint density at radius 1 is 1.14 bits per heavy atom. The fraction of sp³-hybridized carbons (Fsp3) is 0.471. The van der Waals surface area contributed by atoms with Gasteiger partial charge in [0.2, 0.25) is 11.8 Å². The molecule has 1 heterocycles. The van der Waals surface area contributed by atoms with E-state index in [1.165, 1.54) is 10.5 Å². The Labute approximate surface area is 131 Å². The maximum atomic E-state index is 12.1. The first kappa shape index (κ1) is 16.0. The van der Waals surface area contributed by atoms with Crippen molar-refractivity contribution in [1.82, 2.24) is 4.90 Å². The number of imide groups is 1. The van der Waals surface area contributed by atoms with Gasteiger partial charge in [-0.3, -0.25) is 14.5 Å². The van der Waals surface area contributed by atoms with Crippen molar-refractivity contribution in [2.24, 2.45) is 0 Å². The van der Waals surface area contributed by atoms with Crippen LogP contribution in [-0.4, -0.2) is 36.3 Å². The number of hydrogen-bond donors (Lipinski definition) is 0. The van der Waals surface area contributed by atoms with Gasteiger partial charge in [0.15, 0.2) is 0 Å². The topological polar surface area (TPSA) is 64.4 Å². The van der Waals surface area contributed by atoms with E-state index < -0.39 is 0 Å². The summed E-state index contributed by atoms with van der Waals surface area (Å²) in [5.74, 6) is 0.0681. The molecule has 5 heteroatoms. The summed E-state index contributed by atoms with van der Waals surface area (Å²) in [6.07, 6.45) is 0.897.